The topological polar surface area (TPSA) is 9.23 Å². The molecule has 0 bridgehead atoms. The molecule has 0 saturated carbocycles. The maximum absolute atomic E-state index is 6.69. The van der Waals surface area contributed by atoms with Gasteiger partial charge in [-0.3, -0.25) is 0 Å². The van der Waals surface area contributed by atoms with E-state index in [1.165, 1.54) is 11.1 Å². The van der Waals surface area contributed by atoms with E-state index in [9.17, 15) is 0 Å². The van der Waals surface area contributed by atoms with E-state index in [1.54, 1.807) is 0 Å². The van der Waals surface area contributed by atoms with Gasteiger partial charge >= 0.3 is 0 Å². The van der Waals surface area contributed by atoms with Crippen molar-refractivity contribution in [1.29, 1.82) is 0 Å². The van der Waals surface area contributed by atoms with E-state index in [1.807, 2.05) is 6.07 Å². The van der Waals surface area contributed by atoms with Crippen molar-refractivity contribution in [2.24, 2.45) is 0 Å². The highest BCUT2D eigenvalue weighted by molar-refractivity contribution is 5.62. The van der Waals surface area contributed by atoms with Crippen molar-refractivity contribution in [3.05, 3.63) is 114 Å². The van der Waals surface area contributed by atoms with E-state index >= 15 is 0 Å². The summed E-state index contributed by atoms with van der Waals surface area (Å²) in [5.41, 5.74) is 3.12. The third-order valence-corrected chi connectivity index (χ3v) is 4.65. The maximum Gasteiger partial charge on any atom is 0.159 e. The van der Waals surface area contributed by atoms with Crippen LogP contribution in [0.15, 0.2) is 97.1 Å². The van der Waals surface area contributed by atoms with Crippen LogP contribution in [0.3, 0.4) is 0 Å². The smallest absolute Gasteiger partial charge is 0.159 e. The summed E-state index contributed by atoms with van der Waals surface area (Å²) in [6, 6.07) is 31.5. The van der Waals surface area contributed by atoms with Crippen LogP contribution < -0.4 is 0 Å². The first-order valence-corrected chi connectivity index (χ1v) is 8.44. The largest absolute Gasteiger partial charge is 0.478 e. The Morgan fingerprint density at radius 2 is 1.12 bits per heavy atom. The number of hydrogen-bond donors (Lipinski definition) is 0. The molecule has 1 aliphatic rings. The van der Waals surface area contributed by atoms with Gasteiger partial charge in [-0.05, 0) is 30.0 Å². The molecule has 3 aromatic rings. The second-order valence-electron chi connectivity index (χ2n) is 6.13. The highest BCUT2D eigenvalue weighted by Gasteiger charge is 2.38. The third kappa shape index (κ3) is 2.63. The molecule has 3 aromatic carbocycles. The van der Waals surface area contributed by atoms with Crippen LogP contribution in [-0.4, -0.2) is 0 Å². The molecular formula is C23H20O. The number of ether oxygens (including phenoxy) is 1. The first kappa shape index (κ1) is 14.8. The summed E-state index contributed by atoms with van der Waals surface area (Å²) in [5.74, 6) is 0.967. The highest BCUT2D eigenvalue weighted by Crippen LogP contribution is 2.44. The van der Waals surface area contributed by atoms with Gasteiger partial charge in [0.05, 0.1) is 0 Å². The first-order chi connectivity index (χ1) is 11.9. The average Bonchev–Trinajstić information content (AvgIpc) is 2.70. The predicted molar refractivity (Wildman–Crippen MR) is 98.4 cm³/mol. The lowest BCUT2D eigenvalue weighted by molar-refractivity contribution is 0.0591. The molecule has 0 radical (unpaired) electrons. The molecule has 0 amide bonds. The summed E-state index contributed by atoms with van der Waals surface area (Å²) in [7, 11) is 0. The fraction of sp³-hybridized carbons (Fsp3) is 0.130. The Bertz CT molecular complexity index is 780. The van der Waals surface area contributed by atoms with Gasteiger partial charge in [0.15, 0.2) is 5.60 Å². The van der Waals surface area contributed by atoms with Crippen LogP contribution in [-0.2, 0) is 10.3 Å². The zero-order valence-corrected chi connectivity index (χ0v) is 13.6. The molecule has 1 nitrogen and oxygen atoms in total. The molecule has 0 unspecified atom stereocenters. The van der Waals surface area contributed by atoms with Gasteiger partial charge in [-0.1, -0.05) is 91.0 Å². The van der Waals surface area contributed by atoms with E-state index in [-0.39, 0.29) is 0 Å². The predicted octanol–water partition coefficient (Wildman–Crippen LogP) is 5.78. The molecule has 0 aromatic heterocycles. The summed E-state index contributed by atoms with van der Waals surface area (Å²) in [6.45, 7) is 0. The number of benzene rings is 3. The molecular weight excluding hydrogens is 292 g/mol. The highest BCUT2D eigenvalue weighted by atomic mass is 16.5. The van der Waals surface area contributed by atoms with E-state index in [0.717, 1.165) is 24.2 Å². The van der Waals surface area contributed by atoms with Crippen molar-refractivity contribution in [2.75, 3.05) is 0 Å². The number of rotatable bonds is 3. The quantitative estimate of drug-likeness (QED) is 0.595. The monoisotopic (exact) mass is 312 g/mol. The maximum atomic E-state index is 6.69. The van der Waals surface area contributed by atoms with Gasteiger partial charge in [0.25, 0.3) is 0 Å². The molecule has 0 spiro atoms. The summed E-state index contributed by atoms with van der Waals surface area (Å²) in [5, 5.41) is 0. The van der Waals surface area contributed by atoms with Crippen LogP contribution in [0.1, 0.15) is 29.5 Å². The van der Waals surface area contributed by atoms with Crippen LogP contribution in [0, 0.1) is 0 Å². The number of hydrogen-bond acceptors (Lipinski definition) is 1. The van der Waals surface area contributed by atoms with Gasteiger partial charge in [0, 0.05) is 5.56 Å². The molecule has 0 fully saturated rings. The minimum absolute atomic E-state index is 0.428. The fourth-order valence-electron chi connectivity index (χ4n) is 3.45. The molecule has 118 valence electrons. The van der Waals surface area contributed by atoms with Crippen molar-refractivity contribution in [3.8, 4) is 0 Å². The Balaban J connectivity index is 1.82. The molecule has 1 heterocycles. The van der Waals surface area contributed by atoms with E-state index in [4.69, 9.17) is 4.74 Å². The van der Waals surface area contributed by atoms with Gasteiger partial charge in [-0.2, -0.15) is 0 Å². The third-order valence-electron chi connectivity index (χ3n) is 4.65. The van der Waals surface area contributed by atoms with Crippen molar-refractivity contribution < 1.29 is 4.74 Å². The molecule has 0 N–H and O–H groups in total. The summed E-state index contributed by atoms with van der Waals surface area (Å²) in [6.07, 6.45) is 4.14. The van der Waals surface area contributed by atoms with Crippen molar-refractivity contribution in [3.63, 3.8) is 0 Å². The Kier molecular flexibility index (Phi) is 3.92. The van der Waals surface area contributed by atoms with Crippen LogP contribution in [0.5, 0.6) is 0 Å². The molecule has 4 rings (SSSR count). The minimum Gasteiger partial charge on any atom is -0.478 e. The summed E-state index contributed by atoms with van der Waals surface area (Å²) < 4.78 is 6.69. The van der Waals surface area contributed by atoms with Crippen LogP contribution in [0.2, 0.25) is 0 Å². The second-order valence-corrected chi connectivity index (χ2v) is 6.13. The van der Waals surface area contributed by atoms with Gasteiger partial charge in [-0.15, -0.1) is 0 Å². The Morgan fingerprint density at radius 3 is 1.67 bits per heavy atom. The van der Waals surface area contributed by atoms with E-state index in [2.05, 4.69) is 91.0 Å². The first-order valence-electron chi connectivity index (χ1n) is 8.44. The number of allylic oxidation sites excluding steroid dienone is 1. The lowest BCUT2D eigenvalue weighted by Crippen LogP contribution is -2.32. The lowest BCUT2D eigenvalue weighted by atomic mass is 9.80. The Morgan fingerprint density at radius 1 is 0.625 bits per heavy atom. The molecule has 1 heteroatoms. The van der Waals surface area contributed by atoms with Gasteiger partial charge < -0.3 is 4.74 Å². The van der Waals surface area contributed by atoms with Crippen molar-refractivity contribution >= 4 is 5.76 Å². The Hall–Kier alpha value is -2.80. The average molecular weight is 312 g/mol. The van der Waals surface area contributed by atoms with Crippen LogP contribution >= 0.6 is 0 Å². The lowest BCUT2D eigenvalue weighted by Gasteiger charge is -2.39. The van der Waals surface area contributed by atoms with Crippen LogP contribution in [0.4, 0.5) is 0 Å². The molecule has 0 aliphatic carbocycles. The second kappa shape index (κ2) is 6.37. The molecule has 24 heavy (non-hydrogen) atoms. The van der Waals surface area contributed by atoms with Gasteiger partial charge in [0.1, 0.15) is 5.76 Å². The SMILES string of the molecule is C1=C(c2ccccc2)OC(c2ccccc2)(c2ccccc2)CC1. The van der Waals surface area contributed by atoms with Crippen molar-refractivity contribution in [2.45, 2.75) is 18.4 Å². The van der Waals surface area contributed by atoms with Gasteiger partial charge in [-0.25, -0.2) is 0 Å². The Labute approximate surface area is 143 Å². The fourth-order valence-corrected chi connectivity index (χ4v) is 3.45. The zero-order valence-electron chi connectivity index (χ0n) is 13.6. The zero-order chi connectivity index (χ0) is 16.2. The molecule has 0 atom stereocenters. The summed E-state index contributed by atoms with van der Waals surface area (Å²) >= 11 is 0. The molecule has 1 aliphatic heterocycles. The van der Waals surface area contributed by atoms with E-state index < -0.39 is 5.60 Å². The van der Waals surface area contributed by atoms with Crippen LogP contribution in [0.25, 0.3) is 5.76 Å². The standard InChI is InChI=1S/C23H20O/c1-4-11-19(12-5-1)22-17-10-18-23(24-22,20-13-6-2-7-14-20)21-15-8-3-9-16-21/h1-9,11-17H,10,18H2. The molecule has 0 saturated heterocycles. The minimum atomic E-state index is -0.428. The van der Waals surface area contributed by atoms with Gasteiger partial charge in [0.2, 0.25) is 0 Å². The van der Waals surface area contributed by atoms with Crippen molar-refractivity contribution in [1.82, 2.24) is 0 Å². The van der Waals surface area contributed by atoms with E-state index in [0.29, 0.717) is 0 Å². The normalized spacial score (nSPS) is 16.1. The summed E-state index contributed by atoms with van der Waals surface area (Å²) in [4.78, 5) is 0.